The standard InChI is InChI=1S/C16H30N4O2/c1-13(2)12-22-10-6-8-18-16(21)17-7-5-9-20-15(4)11-14(3)19-20/h11,13H,5-10,12H2,1-4H3,(H2,17,18,21). The van der Waals surface area contributed by atoms with E-state index in [9.17, 15) is 4.79 Å². The second-order valence-corrected chi connectivity index (χ2v) is 6.01. The lowest BCUT2D eigenvalue weighted by Gasteiger charge is -2.09. The molecule has 1 aromatic heterocycles. The Labute approximate surface area is 133 Å². The number of carbonyl (C=O) groups is 1. The van der Waals surface area contributed by atoms with Gasteiger partial charge in [0.15, 0.2) is 0 Å². The van der Waals surface area contributed by atoms with Crippen molar-refractivity contribution in [1.82, 2.24) is 20.4 Å². The molecular formula is C16H30N4O2. The van der Waals surface area contributed by atoms with Crippen LogP contribution in [0.2, 0.25) is 0 Å². The van der Waals surface area contributed by atoms with Crippen molar-refractivity contribution in [2.24, 2.45) is 5.92 Å². The molecule has 1 rings (SSSR count). The van der Waals surface area contributed by atoms with Gasteiger partial charge in [-0.2, -0.15) is 5.10 Å². The van der Waals surface area contributed by atoms with Crippen molar-refractivity contribution in [2.45, 2.75) is 47.1 Å². The monoisotopic (exact) mass is 310 g/mol. The molecule has 0 aliphatic carbocycles. The largest absolute Gasteiger partial charge is 0.381 e. The number of aromatic nitrogens is 2. The average molecular weight is 310 g/mol. The van der Waals surface area contributed by atoms with Gasteiger partial charge in [0.2, 0.25) is 0 Å². The molecule has 0 aliphatic rings. The van der Waals surface area contributed by atoms with Gasteiger partial charge in [-0.05, 0) is 38.7 Å². The van der Waals surface area contributed by atoms with Crippen LogP contribution in [0.15, 0.2) is 6.07 Å². The Hall–Kier alpha value is -1.56. The number of hydrogen-bond donors (Lipinski definition) is 2. The number of nitrogens with one attached hydrogen (secondary N) is 2. The Morgan fingerprint density at radius 2 is 1.95 bits per heavy atom. The molecule has 0 atom stereocenters. The van der Waals surface area contributed by atoms with Crippen LogP contribution in [0.25, 0.3) is 0 Å². The summed E-state index contributed by atoms with van der Waals surface area (Å²) in [6.07, 6.45) is 1.71. The molecule has 0 spiro atoms. The van der Waals surface area contributed by atoms with Gasteiger partial charge in [0, 0.05) is 38.5 Å². The van der Waals surface area contributed by atoms with Crippen LogP contribution in [-0.2, 0) is 11.3 Å². The normalized spacial score (nSPS) is 11.0. The summed E-state index contributed by atoms with van der Waals surface area (Å²) in [6, 6.07) is 1.94. The number of amides is 2. The molecular weight excluding hydrogens is 280 g/mol. The van der Waals surface area contributed by atoms with Crippen molar-refractivity contribution in [3.05, 3.63) is 17.5 Å². The third-order valence-corrected chi connectivity index (χ3v) is 3.14. The fourth-order valence-electron chi connectivity index (χ4n) is 2.09. The number of aryl methyl sites for hydroxylation is 3. The molecule has 0 saturated carbocycles. The molecule has 1 aromatic rings. The van der Waals surface area contributed by atoms with Gasteiger partial charge < -0.3 is 15.4 Å². The van der Waals surface area contributed by atoms with E-state index in [0.29, 0.717) is 25.6 Å². The molecule has 126 valence electrons. The third kappa shape index (κ3) is 8.02. The van der Waals surface area contributed by atoms with Crippen molar-refractivity contribution in [3.8, 4) is 0 Å². The summed E-state index contributed by atoms with van der Waals surface area (Å²) in [6.45, 7) is 11.9. The van der Waals surface area contributed by atoms with Crippen LogP contribution >= 0.6 is 0 Å². The molecule has 0 radical (unpaired) electrons. The maximum Gasteiger partial charge on any atom is 0.314 e. The van der Waals surface area contributed by atoms with E-state index in [2.05, 4.69) is 35.6 Å². The molecule has 0 unspecified atom stereocenters. The first-order valence-electron chi connectivity index (χ1n) is 8.09. The molecule has 2 amide bonds. The van der Waals surface area contributed by atoms with E-state index in [1.807, 2.05) is 18.5 Å². The molecule has 2 N–H and O–H groups in total. The molecule has 1 heterocycles. The summed E-state index contributed by atoms with van der Waals surface area (Å²) in [4.78, 5) is 11.6. The van der Waals surface area contributed by atoms with Crippen molar-refractivity contribution >= 4 is 6.03 Å². The first kappa shape index (κ1) is 18.5. The predicted molar refractivity (Wildman–Crippen MR) is 88.0 cm³/mol. The third-order valence-electron chi connectivity index (χ3n) is 3.14. The first-order valence-corrected chi connectivity index (χ1v) is 8.09. The van der Waals surface area contributed by atoms with Crippen LogP contribution in [0.3, 0.4) is 0 Å². The fourth-order valence-corrected chi connectivity index (χ4v) is 2.09. The molecule has 0 bridgehead atoms. The number of urea groups is 1. The highest BCUT2D eigenvalue weighted by Crippen LogP contribution is 2.02. The lowest BCUT2D eigenvalue weighted by Crippen LogP contribution is -2.37. The zero-order chi connectivity index (χ0) is 16.4. The molecule has 6 heteroatoms. The van der Waals surface area contributed by atoms with Crippen LogP contribution in [0, 0.1) is 19.8 Å². The quantitative estimate of drug-likeness (QED) is 0.651. The predicted octanol–water partition coefficient (Wildman–Crippen LogP) is 2.25. The van der Waals surface area contributed by atoms with Gasteiger partial charge in [-0.1, -0.05) is 13.8 Å². The first-order chi connectivity index (χ1) is 10.5. The number of carbonyl (C=O) groups excluding carboxylic acids is 1. The van der Waals surface area contributed by atoms with E-state index in [-0.39, 0.29) is 6.03 Å². The van der Waals surface area contributed by atoms with Gasteiger partial charge >= 0.3 is 6.03 Å². The molecule has 22 heavy (non-hydrogen) atoms. The summed E-state index contributed by atoms with van der Waals surface area (Å²) in [5.74, 6) is 0.554. The van der Waals surface area contributed by atoms with Gasteiger partial charge in [0.25, 0.3) is 0 Å². The minimum absolute atomic E-state index is 0.114. The smallest absolute Gasteiger partial charge is 0.314 e. The minimum atomic E-state index is -0.114. The Balaban J connectivity index is 1.98. The Kier molecular flexibility index (Phi) is 8.58. The maximum absolute atomic E-state index is 11.6. The van der Waals surface area contributed by atoms with Gasteiger partial charge in [0.05, 0.1) is 5.69 Å². The molecule has 0 aromatic carbocycles. The second kappa shape index (κ2) is 10.2. The summed E-state index contributed by atoms with van der Waals surface area (Å²) < 4.78 is 7.43. The lowest BCUT2D eigenvalue weighted by atomic mass is 10.2. The molecule has 6 nitrogen and oxygen atoms in total. The van der Waals surface area contributed by atoms with Gasteiger partial charge in [-0.25, -0.2) is 4.79 Å². The topological polar surface area (TPSA) is 68.2 Å². The van der Waals surface area contributed by atoms with Crippen LogP contribution in [-0.4, -0.2) is 42.1 Å². The highest BCUT2D eigenvalue weighted by atomic mass is 16.5. The zero-order valence-electron chi connectivity index (χ0n) is 14.3. The zero-order valence-corrected chi connectivity index (χ0v) is 14.3. The van der Waals surface area contributed by atoms with Crippen molar-refractivity contribution in [3.63, 3.8) is 0 Å². The maximum atomic E-state index is 11.6. The molecule has 0 fully saturated rings. The van der Waals surface area contributed by atoms with E-state index in [4.69, 9.17) is 4.74 Å². The highest BCUT2D eigenvalue weighted by molar-refractivity contribution is 5.73. The second-order valence-electron chi connectivity index (χ2n) is 6.01. The van der Waals surface area contributed by atoms with E-state index in [1.54, 1.807) is 0 Å². The van der Waals surface area contributed by atoms with E-state index in [0.717, 1.165) is 37.4 Å². The number of nitrogens with zero attached hydrogens (tertiary/aromatic N) is 2. The van der Waals surface area contributed by atoms with Crippen LogP contribution in [0.4, 0.5) is 4.79 Å². The summed E-state index contributed by atoms with van der Waals surface area (Å²) in [5, 5.41) is 10.1. The van der Waals surface area contributed by atoms with Crippen molar-refractivity contribution in [2.75, 3.05) is 26.3 Å². The Morgan fingerprint density at radius 3 is 2.55 bits per heavy atom. The van der Waals surface area contributed by atoms with Gasteiger partial charge in [-0.3, -0.25) is 4.68 Å². The fraction of sp³-hybridized carbons (Fsp3) is 0.750. The number of hydrogen-bond acceptors (Lipinski definition) is 3. The van der Waals surface area contributed by atoms with Crippen LogP contribution in [0.5, 0.6) is 0 Å². The van der Waals surface area contributed by atoms with Crippen molar-refractivity contribution in [1.29, 1.82) is 0 Å². The summed E-state index contributed by atoms with van der Waals surface area (Å²) in [5.41, 5.74) is 2.19. The van der Waals surface area contributed by atoms with Crippen molar-refractivity contribution < 1.29 is 9.53 Å². The highest BCUT2D eigenvalue weighted by Gasteiger charge is 2.02. The van der Waals surface area contributed by atoms with Gasteiger partial charge in [0.1, 0.15) is 0 Å². The van der Waals surface area contributed by atoms with Gasteiger partial charge in [-0.15, -0.1) is 0 Å². The van der Waals surface area contributed by atoms with E-state index < -0.39 is 0 Å². The minimum Gasteiger partial charge on any atom is -0.381 e. The van der Waals surface area contributed by atoms with Crippen LogP contribution < -0.4 is 10.6 Å². The SMILES string of the molecule is Cc1cc(C)n(CCCNC(=O)NCCCOCC(C)C)n1. The van der Waals surface area contributed by atoms with E-state index in [1.165, 1.54) is 0 Å². The summed E-state index contributed by atoms with van der Waals surface area (Å²) in [7, 11) is 0. The number of ether oxygens (including phenoxy) is 1. The molecule has 0 aliphatic heterocycles. The number of rotatable bonds is 10. The Morgan fingerprint density at radius 1 is 1.27 bits per heavy atom. The van der Waals surface area contributed by atoms with Crippen LogP contribution in [0.1, 0.15) is 38.1 Å². The Bertz CT molecular complexity index is 443. The summed E-state index contributed by atoms with van der Waals surface area (Å²) >= 11 is 0. The molecule has 0 saturated heterocycles. The lowest BCUT2D eigenvalue weighted by molar-refractivity contribution is 0.108. The van der Waals surface area contributed by atoms with E-state index >= 15 is 0 Å². The average Bonchev–Trinajstić information content (AvgIpc) is 2.76.